The van der Waals surface area contributed by atoms with Gasteiger partial charge in [0, 0.05) is 38.5 Å². The number of halogens is 17. The van der Waals surface area contributed by atoms with Crippen LogP contribution in [0.5, 0.6) is 0 Å². The largest absolute Gasteiger partial charge is 0.646 e. The molecule has 0 amide bonds. The fourth-order valence-corrected chi connectivity index (χ4v) is 6.81. The first-order chi connectivity index (χ1) is 24.0. The van der Waals surface area contributed by atoms with Gasteiger partial charge in [-0.15, -0.1) is 0 Å². The van der Waals surface area contributed by atoms with E-state index in [9.17, 15) is 39.5 Å². The Morgan fingerprint density at radius 2 is 0.519 bits per heavy atom. The first kappa shape index (κ1) is 41.0. The smallest absolute Gasteiger partial charge is 0.538 e. The molecule has 0 atom stereocenters. The highest BCUT2D eigenvalue weighted by Gasteiger charge is 2.48. The Morgan fingerprint density at radius 3 is 0.750 bits per heavy atom. The van der Waals surface area contributed by atoms with Crippen LogP contribution in [-0.4, -0.2) is 28.6 Å². The molecule has 0 aliphatic rings. The van der Waals surface area contributed by atoms with E-state index in [2.05, 4.69) is 0 Å². The van der Waals surface area contributed by atoms with Crippen molar-refractivity contribution in [2.75, 3.05) is 0 Å². The summed E-state index contributed by atoms with van der Waals surface area (Å²) in [5, 5.41) is 0. The predicted octanol–water partition coefficient (Wildman–Crippen LogP) is 6.82. The van der Waals surface area contributed by atoms with Gasteiger partial charge >= 0.3 is 28.6 Å². The Kier molecular flexibility index (Phi) is 11.8. The molecule has 0 aromatic heterocycles. The molecule has 22 heteroatoms. The van der Waals surface area contributed by atoms with Crippen LogP contribution in [0.4, 0.5) is 74.6 Å². The van der Waals surface area contributed by atoms with Gasteiger partial charge in [0.2, 0.25) is 0 Å². The molecule has 4 rings (SSSR count). The van der Waals surface area contributed by atoms with E-state index in [4.69, 9.17) is 7.41 Å². The molecule has 0 radical (unpaired) electrons. The van der Waals surface area contributed by atoms with Gasteiger partial charge in [0.25, 0.3) is 0 Å². The van der Waals surface area contributed by atoms with Gasteiger partial charge in [0.1, 0.15) is 17.5 Å². The van der Waals surface area contributed by atoms with Crippen molar-refractivity contribution in [2.45, 2.75) is 39.4 Å². The van der Waals surface area contributed by atoms with Crippen molar-refractivity contribution >= 4 is 50.5 Å². The van der Waals surface area contributed by atoms with Crippen molar-refractivity contribution in [1.29, 1.82) is 0 Å². The molecule has 0 saturated heterocycles. The lowest BCUT2D eigenvalue weighted by Gasteiger charge is -2.29. The van der Waals surface area contributed by atoms with E-state index in [1.807, 2.05) is 0 Å². The maximum atomic E-state index is 15.5. The summed E-state index contributed by atoms with van der Waals surface area (Å²) in [4.78, 5) is 0. The number of hydrogen-bond acceptors (Lipinski definition) is 2. The van der Waals surface area contributed by atoms with Crippen LogP contribution in [-0.2, 0) is 7.41 Å². The van der Waals surface area contributed by atoms with E-state index in [0.717, 1.165) is 13.8 Å². The summed E-state index contributed by atoms with van der Waals surface area (Å²) in [6, 6.07) is 0. The third-order valence-corrected chi connectivity index (χ3v) is 10.1. The lowest BCUT2D eigenvalue weighted by atomic mass is 9.54. The molecule has 0 fully saturated rings. The summed E-state index contributed by atoms with van der Waals surface area (Å²) in [7, 11) is 0. The second-order valence-electron chi connectivity index (χ2n) is 11.5. The van der Waals surface area contributed by atoms with Gasteiger partial charge in [-0.2, -0.15) is 0 Å². The zero-order valence-electron chi connectivity index (χ0n) is 26.6. The summed E-state index contributed by atoms with van der Waals surface area (Å²) >= 11 is -4.76. The highest BCUT2D eigenvalue weighted by Crippen LogP contribution is 2.26. The third-order valence-electron chi connectivity index (χ3n) is 7.93. The highest BCUT2D eigenvalue weighted by molar-refractivity contribution is 6.88. The summed E-state index contributed by atoms with van der Waals surface area (Å²) in [5.41, 5.74) is -12.6. The standard InChI is InChI=1S/C14H6BF8O.C13H3BF9O.C3H7.Al/c1-3-7(16)5(11(20)13(22)9(3)18)15(24)6-8(17)4(2)10(19)14(23)12(6)21;1-2-5(15)3(7(17)10(20)6(2)16)14(24)4-8(18)11(21)13(23)12(22)9(4)19;1-3-2;/h1-2H3;1H3;3H,1-2H3;/q2*-1;;+2. The second kappa shape index (κ2) is 15.0. The van der Waals surface area contributed by atoms with Crippen LogP contribution in [0.1, 0.15) is 30.5 Å². The van der Waals surface area contributed by atoms with E-state index in [0.29, 0.717) is 20.8 Å². The predicted molar refractivity (Wildman–Crippen MR) is 152 cm³/mol. The summed E-state index contributed by atoms with van der Waals surface area (Å²) in [6.07, 6.45) is 0. The summed E-state index contributed by atoms with van der Waals surface area (Å²) in [6.45, 7) is -3.40. The normalized spacial score (nSPS) is 11.6. The van der Waals surface area contributed by atoms with Gasteiger partial charge in [-0.25, -0.2) is 74.6 Å². The van der Waals surface area contributed by atoms with Crippen LogP contribution >= 0.6 is 0 Å². The van der Waals surface area contributed by atoms with E-state index >= 15 is 35.1 Å². The summed E-state index contributed by atoms with van der Waals surface area (Å²) < 4.78 is 261. The van der Waals surface area contributed by atoms with Crippen molar-refractivity contribution in [3.63, 3.8) is 0 Å². The van der Waals surface area contributed by atoms with Crippen LogP contribution in [0.25, 0.3) is 0 Å². The van der Waals surface area contributed by atoms with Gasteiger partial charge in [0.15, 0.2) is 81.4 Å². The van der Waals surface area contributed by atoms with Gasteiger partial charge in [-0.3, -0.25) is 0 Å². The van der Waals surface area contributed by atoms with Crippen molar-refractivity contribution in [1.82, 2.24) is 0 Å². The second-order valence-corrected chi connectivity index (χ2v) is 14.1. The van der Waals surface area contributed by atoms with Gasteiger partial charge < -0.3 is 7.41 Å². The topological polar surface area (TPSA) is 18.5 Å². The fourth-order valence-electron chi connectivity index (χ4n) is 5.04. The van der Waals surface area contributed by atoms with Crippen molar-refractivity contribution in [3.8, 4) is 0 Å². The van der Waals surface area contributed by atoms with Crippen molar-refractivity contribution in [3.05, 3.63) is 116 Å². The molecule has 0 aliphatic heterocycles. The molecule has 0 N–H and O–H groups in total. The van der Waals surface area contributed by atoms with Crippen molar-refractivity contribution in [2.24, 2.45) is 0 Å². The average molecular weight is 780 g/mol. The monoisotopic (exact) mass is 780 g/mol. The van der Waals surface area contributed by atoms with Crippen LogP contribution in [0, 0.1) is 120 Å². The Morgan fingerprint density at radius 1 is 0.327 bits per heavy atom. The third kappa shape index (κ3) is 6.56. The Labute approximate surface area is 287 Å². The molecule has 2 nitrogen and oxygen atoms in total. The average Bonchev–Trinajstić information content (AvgIpc) is 3.10. The maximum Gasteiger partial charge on any atom is 0.646 e. The van der Waals surface area contributed by atoms with Gasteiger partial charge in [-0.05, 0) is 25.6 Å². The van der Waals surface area contributed by atoms with Crippen molar-refractivity contribution < 1.29 is 82.0 Å². The minimum Gasteiger partial charge on any atom is -0.538 e. The number of rotatable bonds is 9. The Bertz CT molecular complexity index is 1730. The zero-order valence-corrected chi connectivity index (χ0v) is 27.7. The molecule has 276 valence electrons. The molecule has 0 saturated carbocycles. The van der Waals surface area contributed by atoms with Gasteiger partial charge in [-0.1, -0.05) is 13.8 Å². The van der Waals surface area contributed by atoms with Crippen LogP contribution in [0.3, 0.4) is 0 Å². The van der Waals surface area contributed by atoms with E-state index < -0.39 is 171 Å². The molecule has 4 aromatic rings. The molecule has 4 aromatic carbocycles. The van der Waals surface area contributed by atoms with Gasteiger partial charge in [0.05, 0.1) is 0 Å². The lowest BCUT2D eigenvalue weighted by Crippen LogP contribution is -2.60. The van der Waals surface area contributed by atoms with Crippen LogP contribution < -0.4 is 21.9 Å². The fraction of sp³-hybridized carbons (Fsp3) is 0.200. The molecule has 0 bridgehead atoms. The molecule has 0 unspecified atom stereocenters. The van der Waals surface area contributed by atoms with Crippen LogP contribution in [0.2, 0.25) is 4.78 Å². The number of benzene rings is 4. The summed E-state index contributed by atoms with van der Waals surface area (Å²) in [5.74, 6) is -42.9. The first-order valence-electron chi connectivity index (χ1n) is 14.3. The molecule has 0 heterocycles. The molecule has 52 heavy (non-hydrogen) atoms. The van der Waals surface area contributed by atoms with E-state index in [-0.39, 0.29) is 0 Å². The quantitative estimate of drug-likeness (QED) is 0.0805. The maximum absolute atomic E-state index is 15.5. The number of hydrogen-bond donors (Lipinski definition) is 0. The highest BCUT2D eigenvalue weighted by atomic mass is 27.2. The molecular formula is C30H16AlB2F17O2. The molecule has 0 spiro atoms. The van der Waals surface area contributed by atoms with Crippen LogP contribution in [0.15, 0.2) is 0 Å². The van der Waals surface area contributed by atoms with E-state index in [1.54, 1.807) is 0 Å². The molecule has 0 aliphatic carbocycles. The zero-order chi connectivity index (χ0) is 39.6. The minimum absolute atomic E-state index is 0.435. The minimum atomic E-state index is -4.76. The first-order valence-corrected chi connectivity index (χ1v) is 15.9. The Balaban J connectivity index is 2.11. The lowest BCUT2D eigenvalue weighted by molar-refractivity contribution is 0.380. The molecular weight excluding hydrogens is 764 g/mol. The Hall–Kier alpha value is -3.73. The SMILES string of the molecule is Cc1c(F)c(F)c(F)c(B([O][Al]([O]B(c2c(F)c(C)c(F)c(F)c2F)c2c(F)c(F)c(F)c(F)c2F)[CH](C)C)c2c(F)c(C)c(F)c(F)c2F)c1F. The van der Waals surface area contributed by atoms with E-state index in [1.165, 1.54) is 0 Å².